The summed E-state index contributed by atoms with van der Waals surface area (Å²) in [6.45, 7) is 0. The first kappa shape index (κ1) is 16.1. The van der Waals surface area contributed by atoms with Crippen molar-refractivity contribution in [1.82, 2.24) is 0 Å². The number of halogens is 1. The quantitative estimate of drug-likeness (QED) is 0.834. The highest BCUT2D eigenvalue weighted by Crippen LogP contribution is 2.25. The summed E-state index contributed by atoms with van der Waals surface area (Å²) in [5.41, 5.74) is 0.0432. The van der Waals surface area contributed by atoms with E-state index in [4.69, 9.17) is 11.6 Å². The number of nitrogens with one attached hydrogen (secondary N) is 1. The predicted molar refractivity (Wildman–Crippen MR) is 81.7 cm³/mol. The minimum Gasteiger partial charge on any atom is -0.508 e. The SMILES string of the molecule is COC(=O)c1cc(Cl)ccc1NS(=O)(=O)c1ccc(O)cc1. The van der Waals surface area contributed by atoms with Gasteiger partial charge in [-0.15, -0.1) is 0 Å². The van der Waals surface area contributed by atoms with Gasteiger partial charge in [0.1, 0.15) is 5.75 Å². The number of hydrogen-bond donors (Lipinski definition) is 2. The third-order valence-corrected chi connectivity index (χ3v) is 4.39. The number of carbonyl (C=O) groups is 1. The van der Waals surface area contributed by atoms with Gasteiger partial charge in [0.25, 0.3) is 10.0 Å². The van der Waals surface area contributed by atoms with Gasteiger partial charge in [-0.3, -0.25) is 4.72 Å². The molecular formula is C14H12ClNO5S. The molecule has 0 fully saturated rings. The second-order valence-corrected chi connectivity index (χ2v) is 6.40. The van der Waals surface area contributed by atoms with Gasteiger partial charge in [-0.2, -0.15) is 0 Å². The lowest BCUT2D eigenvalue weighted by atomic mass is 10.2. The number of esters is 1. The van der Waals surface area contributed by atoms with Crippen LogP contribution in [-0.4, -0.2) is 26.6 Å². The van der Waals surface area contributed by atoms with E-state index in [1.807, 2.05) is 0 Å². The Hall–Kier alpha value is -2.25. The van der Waals surface area contributed by atoms with Gasteiger partial charge < -0.3 is 9.84 Å². The second kappa shape index (κ2) is 6.25. The van der Waals surface area contributed by atoms with Crippen LogP contribution in [0.3, 0.4) is 0 Å². The standard InChI is InChI=1S/C14H12ClNO5S/c1-21-14(18)12-8-9(15)2-7-13(12)16-22(19,20)11-5-3-10(17)4-6-11/h2-8,16-17H,1H3. The lowest BCUT2D eigenvalue weighted by Crippen LogP contribution is -2.16. The molecule has 0 aliphatic rings. The lowest BCUT2D eigenvalue weighted by molar-refractivity contribution is 0.0602. The van der Waals surface area contributed by atoms with Crippen molar-refractivity contribution in [1.29, 1.82) is 0 Å². The molecule has 0 bridgehead atoms. The van der Waals surface area contributed by atoms with Crippen LogP contribution in [0.25, 0.3) is 0 Å². The van der Waals surface area contributed by atoms with Crippen LogP contribution in [0, 0.1) is 0 Å². The maximum absolute atomic E-state index is 12.3. The number of phenols is 1. The topological polar surface area (TPSA) is 92.7 Å². The summed E-state index contributed by atoms with van der Waals surface area (Å²) in [7, 11) is -2.74. The fraction of sp³-hybridized carbons (Fsp3) is 0.0714. The van der Waals surface area contributed by atoms with Gasteiger partial charge in [-0.05, 0) is 42.5 Å². The summed E-state index contributed by atoms with van der Waals surface area (Å²) < 4.78 is 31.5. The Morgan fingerprint density at radius 3 is 2.41 bits per heavy atom. The summed E-state index contributed by atoms with van der Waals surface area (Å²) in [5, 5.41) is 9.47. The third kappa shape index (κ3) is 3.49. The molecule has 2 N–H and O–H groups in total. The van der Waals surface area contributed by atoms with Crippen LogP contribution in [0.1, 0.15) is 10.4 Å². The molecule has 116 valence electrons. The number of rotatable bonds is 4. The molecule has 6 nitrogen and oxygen atoms in total. The molecule has 22 heavy (non-hydrogen) atoms. The van der Waals surface area contributed by atoms with E-state index in [2.05, 4.69) is 9.46 Å². The maximum Gasteiger partial charge on any atom is 0.340 e. The first-order valence-corrected chi connectivity index (χ1v) is 7.89. The molecule has 0 unspecified atom stereocenters. The highest BCUT2D eigenvalue weighted by atomic mass is 35.5. The van der Waals surface area contributed by atoms with Crippen molar-refractivity contribution in [3.8, 4) is 5.75 Å². The van der Waals surface area contributed by atoms with Crippen molar-refractivity contribution in [2.75, 3.05) is 11.8 Å². The molecule has 0 saturated heterocycles. The number of aromatic hydroxyl groups is 1. The molecule has 0 heterocycles. The normalized spacial score (nSPS) is 11.0. The Balaban J connectivity index is 2.41. The van der Waals surface area contributed by atoms with Crippen molar-refractivity contribution in [2.24, 2.45) is 0 Å². The number of benzene rings is 2. The monoisotopic (exact) mass is 341 g/mol. The Morgan fingerprint density at radius 1 is 1.18 bits per heavy atom. The first-order chi connectivity index (χ1) is 10.3. The average Bonchev–Trinajstić information content (AvgIpc) is 2.48. The molecule has 0 aliphatic carbocycles. The molecule has 0 saturated carbocycles. The van der Waals surface area contributed by atoms with E-state index in [1.165, 1.54) is 49.6 Å². The van der Waals surface area contributed by atoms with E-state index in [9.17, 15) is 18.3 Å². The molecule has 2 aromatic carbocycles. The van der Waals surface area contributed by atoms with E-state index < -0.39 is 16.0 Å². The fourth-order valence-electron chi connectivity index (χ4n) is 1.71. The maximum atomic E-state index is 12.3. The Bertz CT molecular complexity index is 802. The highest BCUT2D eigenvalue weighted by Gasteiger charge is 2.19. The Labute approximate surface area is 132 Å². The van der Waals surface area contributed by atoms with Gasteiger partial charge in [0, 0.05) is 5.02 Å². The molecule has 0 aliphatic heterocycles. The summed E-state index contributed by atoms with van der Waals surface area (Å²) in [5.74, 6) is -0.772. The summed E-state index contributed by atoms with van der Waals surface area (Å²) >= 11 is 5.81. The number of phenolic OH excluding ortho intramolecular Hbond substituents is 1. The summed E-state index contributed by atoms with van der Waals surface area (Å²) in [6, 6.07) is 9.10. The minimum absolute atomic E-state index is 0.00245. The third-order valence-electron chi connectivity index (χ3n) is 2.78. The van der Waals surface area contributed by atoms with Gasteiger partial charge in [0.05, 0.1) is 23.3 Å². The molecule has 2 aromatic rings. The number of sulfonamides is 1. The number of carbonyl (C=O) groups excluding carboxylic acids is 1. The first-order valence-electron chi connectivity index (χ1n) is 6.03. The van der Waals surface area contributed by atoms with E-state index in [1.54, 1.807) is 0 Å². The van der Waals surface area contributed by atoms with E-state index in [-0.39, 0.29) is 26.9 Å². The molecular weight excluding hydrogens is 330 g/mol. The zero-order chi connectivity index (χ0) is 16.3. The van der Waals surface area contributed by atoms with E-state index in [0.29, 0.717) is 0 Å². The lowest BCUT2D eigenvalue weighted by Gasteiger charge is -2.12. The van der Waals surface area contributed by atoms with Gasteiger partial charge >= 0.3 is 5.97 Å². The van der Waals surface area contributed by atoms with Crippen molar-refractivity contribution < 1.29 is 23.1 Å². The number of hydrogen-bond acceptors (Lipinski definition) is 5. The zero-order valence-electron chi connectivity index (χ0n) is 11.4. The van der Waals surface area contributed by atoms with Gasteiger partial charge in [0.2, 0.25) is 0 Å². The highest BCUT2D eigenvalue weighted by molar-refractivity contribution is 7.92. The Kier molecular flexibility index (Phi) is 4.58. The van der Waals surface area contributed by atoms with Crippen LogP contribution in [-0.2, 0) is 14.8 Å². The van der Waals surface area contributed by atoms with Crippen LogP contribution in [0.5, 0.6) is 5.75 Å². The van der Waals surface area contributed by atoms with Gasteiger partial charge in [0.15, 0.2) is 0 Å². The smallest absolute Gasteiger partial charge is 0.340 e. The van der Waals surface area contributed by atoms with Crippen LogP contribution in [0.2, 0.25) is 5.02 Å². The van der Waals surface area contributed by atoms with E-state index >= 15 is 0 Å². The zero-order valence-corrected chi connectivity index (χ0v) is 13.0. The molecule has 0 atom stereocenters. The minimum atomic E-state index is -3.92. The second-order valence-electron chi connectivity index (χ2n) is 4.28. The molecule has 0 spiro atoms. The van der Waals surface area contributed by atoms with Crippen molar-refractivity contribution in [3.05, 3.63) is 53.1 Å². The van der Waals surface area contributed by atoms with Crippen LogP contribution in [0.4, 0.5) is 5.69 Å². The average molecular weight is 342 g/mol. The van der Waals surface area contributed by atoms with Crippen molar-refractivity contribution in [2.45, 2.75) is 4.90 Å². The number of methoxy groups -OCH3 is 1. The predicted octanol–water partition coefficient (Wildman–Crippen LogP) is 2.63. The molecule has 0 amide bonds. The Morgan fingerprint density at radius 2 is 1.82 bits per heavy atom. The summed E-state index contributed by atoms with van der Waals surface area (Å²) in [6.07, 6.45) is 0. The van der Waals surface area contributed by atoms with Crippen molar-refractivity contribution in [3.63, 3.8) is 0 Å². The summed E-state index contributed by atoms with van der Waals surface area (Å²) in [4.78, 5) is 11.6. The van der Waals surface area contributed by atoms with Gasteiger partial charge in [-0.1, -0.05) is 11.6 Å². The van der Waals surface area contributed by atoms with Crippen LogP contribution >= 0.6 is 11.6 Å². The van der Waals surface area contributed by atoms with Crippen molar-refractivity contribution >= 4 is 33.3 Å². The largest absolute Gasteiger partial charge is 0.508 e. The van der Waals surface area contributed by atoms with Crippen LogP contribution in [0.15, 0.2) is 47.4 Å². The fourth-order valence-corrected chi connectivity index (χ4v) is 2.97. The molecule has 2 rings (SSSR count). The van der Waals surface area contributed by atoms with Gasteiger partial charge in [-0.25, -0.2) is 13.2 Å². The van der Waals surface area contributed by atoms with Crippen LogP contribution < -0.4 is 4.72 Å². The number of anilines is 1. The molecule has 8 heteroatoms. The molecule has 0 aromatic heterocycles. The number of ether oxygens (including phenoxy) is 1. The van der Waals surface area contributed by atoms with E-state index in [0.717, 1.165) is 0 Å². The molecule has 0 radical (unpaired) electrons.